The molecule has 0 bridgehead atoms. The van der Waals surface area contributed by atoms with Gasteiger partial charge in [-0.05, 0) is 49.6 Å². The third kappa shape index (κ3) is 10.4. The van der Waals surface area contributed by atoms with E-state index < -0.39 is 16.0 Å². The van der Waals surface area contributed by atoms with Gasteiger partial charge < -0.3 is 25.3 Å². The van der Waals surface area contributed by atoms with Crippen LogP contribution in [0.3, 0.4) is 0 Å². The van der Waals surface area contributed by atoms with E-state index in [0.29, 0.717) is 18.7 Å². The number of rotatable bonds is 15. The molecule has 9 nitrogen and oxygen atoms in total. The lowest BCUT2D eigenvalue weighted by Gasteiger charge is -2.16. The Morgan fingerprint density at radius 2 is 1.56 bits per heavy atom. The van der Waals surface area contributed by atoms with E-state index in [4.69, 9.17) is 14.7 Å². The summed E-state index contributed by atoms with van der Waals surface area (Å²) in [5.74, 6) is -1.11. The van der Waals surface area contributed by atoms with E-state index in [1.165, 1.54) is 18.2 Å². The van der Waals surface area contributed by atoms with E-state index in [9.17, 15) is 18.0 Å². The number of unbranched alkanes of at least 4 members (excludes halogenated alkanes) is 2. The van der Waals surface area contributed by atoms with Crippen LogP contribution in [0.25, 0.3) is 0 Å². The van der Waals surface area contributed by atoms with Gasteiger partial charge >= 0.3 is 10.1 Å². The molecule has 0 radical (unpaired) electrons. The van der Waals surface area contributed by atoms with Crippen molar-refractivity contribution in [1.82, 2.24) is 10.6 Å². The molecule has 3 rings (SSSR count). The number of carbonyl (C=O) groups is 2. The van der Waals surface area contributed by atoms with E-state index in [-0.39, 0.29) is 41.4 Å². The summed E-state index contributed by atoms with van der Waals surface area (Å²) in [5, 5.41) is 5.65. The van der Waals surface area contributed by atoms with E-state index in [0.717, 1.165) is 24.8 Å². The maximum atomic E-state index is 13.1. The molecular weight excluding hydrogens is 518 g/mol. The molecule has 1 atom stereocenters. The van der Waals surface area contributed by atoms with Gasteiger partial charge in [-0.15, -0.1) is 0 Å². The summed E-state index contributed by atoms with van der Waals surface area (Å²) in [5.41, 5.74) is 7.07. The molecule has 0 saturated heterocycles. The summed E-state index contributed by atoms with van der Waals surface area (Å²) >= 11 is 0. The van der Waals surface area contributed by atoms with Crippen molar-refractivity contribution >= 4 is 21.9 Å². The normalized spacial score (nSPS) is 11.8. The minimum absolute atomic E-state index is 0.0943. The lowest BCUT2D eigenvalue weighted by atomic mass is 10.1. The van der Waals surface area contributed by atoms with Crippen LogP contribution in [0.15, 0.2) is 78.9 Å². The van der Waals surface area contributed by atoms with Crippen LogP contribution < -0.4 is 25.3 Å². The third-order valence-electron chi connectivity index (χ3n) is 5.77. The fourth-order valence-corrected chi connectivity index (χ4v) is 4.82. The largest absolute Gasteiger partial charge is 0.484 e. The van der Waals surface area contributed by atoms with Crippen LogP contribution in [-0.2, 0) is 20.7 Å². The first-order valence-corrected chi connectivity index (χ1v) is 14.4. The molecule has 0 fully saturated rings. The van der Waals surface area contributed by atoms with Crippen molar-refractivity contribution in [1.29, 1.82) is 0 Å². The van der Waals surface area contributed by atoms with Gasteiger partial charge in [0.25, 0.3) is 11.8 Å². The second-order valence-electron chi connectivity index (χ2n) is 9.06. The van der Waals surface area contributed by atoms with Crippen LogP contribution in [0.2, 0.25) is 0 Å². The molecule has 2 amide bonds. The summed E-state index contributed by atoms with van der Waals surface area (Å²) < 4.78 is 36.4. The molecule has 3 aromatic carbocycles. The fraction of sp³-hybridized carbons (Fsp3) is 0.310. The monoisotopic (exact) mass is 553 g/mol. The van der Waals surface area contributed by atoms with Gasteiger partial charge in [0.05, 0.1) is 6.04 Å². The van der Waals surface area contributed by atoms with Crippen LogP contribution >= 0.6 is 0 Å². The molecule has 0 saturated carbocycles. The molecule has 0 aromatic heterocycles. The minimum Gasteiger partial charge on any atom is -0.484 e. The van der Waals surface area contributed by atoms with Crippen molar-refractivity contribution < 1.29 is 26.9 Å². The van der Waals surface area contributed by atoms with Crippen LogP contribution in [-0.4, -0.2) is 39.9 Å². The van der Waals surface area contributed by atoms with Crippen LogP contribution in [0.1, 0.15) is 53.7 Å². The predicted octanol–water partition coefficient (Wildman–Crippen LogP) is 3.71. The van der Waals surface area contributed by atoms with E-state index in [1.54, 1.807) is 30.3 Å². The topological polar surface area (TPSA) is 137 Å². The van der Waals surface area contributed by atoms with Crippen molar-refractivity contribution in [3.63, 3.8) is 0 Å². The zero-order chi connectivity index (χ0) is 28.1. The summed E-state index contributed by atoms with van der Waals surface area (Å²) in [6.07, 6.45) is 2.60. The van der Waals surface area contributed by atoms with Crippen LogP contribution in [0.5, 0.6) is 11.5 Å². The molecule has 10 heteroatoms. The first-order chi connectivity index (χ1) is 18.8. The van der Waals surface area contributed by atoms with Crippen molar-refractivity contribution in [2.24, 2.45) is 5.73 Å². The Hall–Kier alpha value is -3.89. The van der Waals surface area contributed by atoms with Crippen molar-refractivity contribution in [3.05, 3.63) is 95.6 Å². The summed E-state index contributed by atoms with van der Waals surface area (Å²) in [6.45, 7) is 2.64. The molecule has 39 heavy (non-hydrogen) atoms. The zero-order valence-corrected chi connectivity index (χ0v) is 22.8. The molecule has 0 spiro atoms. The van der Waals surface area contributed by atoms with Crippen molar-refractivity contribution in [2.75, 3.05) is 19.7 Å². The van der Waals surface area contributed by atoms with Gasteiger partial charge in [-0.3, -0.25) is 9.59 Å². The molecule has 4 N–H and O–H groups in total. The van der Waals surface area contributed by atoms with Gasteiger partial charge in [-0.2, -0.15) is 8.42 Å². The average Bonchev–Trinajstić information content (AvgIpc) is 2.92. The fourth-order valence-electron chi connectivity index (χ4n) is 3.77. The minimum atomic E-state index is -4.04. The molecule has 0 aliphatic heterocycles. The molecule has 0 aliphatic carbocycles. The number of hydrogen-bond acceptors (Lipinski definition) is 7. The highest BCUT2D eigenvalue weighted by atomic mass is 32.2. The Morgan fingerprint density at radius 3 is 2.26 bits per heavy atom. The molecule has 208 valence electrons. The number of nitrogens with two attached hydrogens (primary N) is 1. The quantitative estimate of drug-likeness (QED) is 0.193. The molecule has 0 unspecified atom stereocenters. The van der Waals surface area contributed by atoms with Crippen molar-refractivity contribution in [3.8, 4) is 11.5 Å². The van der Waals surface area contributed by atoms with E-state index in [2.05, 4.69) is 10.6 Å². The standard InChI is InChI=1S/C29H35N3O6S/c1-22(24-13-7-3-8-14-24)32-29(34)25-17-26(37-20-28(33)31-16-10-4-9-15-30)19-27(18-25)38-39(35,36)21-23-11-5-2-6-12-23/h2-3,5-8,11-14,17-19,22H,4,9-10,15-16,20-21,30H2,1H3,(H,31,33)(H,32,34)/t22-/m0/s1. The van der Waals surface area contributed by atoms with Gasteiger partial charge in [0.2, 0.25) is 0 Å². The van der Waals surface area contributed by atoms with Crippen LogP contribution in [0, 0.1) is 0 Å². The SMILES string of the molecule is C[C@H](NC(=O)c1cc(OCC(=O)NCCCCCN)cc(OS(=O)(=O)Cc2ccccc2)c1)c1ccccc1. The second kappa shape index (κ2) is 14.9. The maximum absolute atomic E-state index is 13.1. The lowest BCUT2D eigenvalue weighted by Crippen LogP contribution is -2.30. The van der Waals surface area contributed by atoms with Gasteiger partial charge in [0, 0.05) is 18.2 Å². The van der Waals surface area contributed by atoms with E-state index >= 15 is 0 Å². The Labute approximate surface area is 229 Å². The molecule has 3 aromatic rings. The van der Waals surface area contributed by atoms with E-state index in [1.807, 2.05) is 37.3 Å². The number of amides is 2. The predicted molar refractivity (Wildman–Crippen MR) is 150 cm³/mol. The highest BCUT2D eigenvalue weighted by molar-refractivity contribution is 7.86. The Morgan fingerprint density at radius 1 is 0.897 bits per heavy atom. The Kier molecular flexibility index (Phi) is 11.3. The highest BCUT2D eigenvalue weighted by Gasteiger charge is 2.19. The second-order valence-corrected chi connectivity index (χ2v) is 10.6. The third-order valence-corrected chi connectivity index (χ3v) is 6.91. The Balaban J connectivity index is 1.74. The summed E-state index contributed by atoms with van der Waals surface area (Å²) in [4.78, 5) is 25.3. The van der Waals surface area contributed by atoms with Gasteiger partial charge in [0.1, 0.15) is 17.3 Å². The van der Waals surface area contributed by atoms with Crippen LogP contribution in [0.4, 0.5) is 0 Å². The first-order valence-electron chi connectivity index (χ1n) is 12.8. The number of nitrogens with one attached hydrogen (secondary N) is 2. The van der Waals surface area contributed by atoms with Gasteiger partial charge in [-0.1, -0.05) is 67.1 Å². The molecule has 0 heterocycles. The maximum Gasteiger partial charge on any atom is 0.313 e. The van der Waals surface area contributed by atoms with Crippen molar-refractivity contribution in [2.45, 2.75) is 38.0 Å². The lowest BCUT2D eigenvalue weighted by molar-refractivity contribution is -0.123. The average molecular weight is 554 g/mol. The smallest absolute Gasteiger partial charge is 0.313 e. The number of benzene rings is 3. The molecule has 0 aliphatic rings. The van der Waals surface area contributed by atoms with Gasteiger partial charge in [0.15, 0.2) is 6.61 Å². The molecular formula is C29H35N3O6S. The summed E-state index contributed by atoms with van der Waals surface area (Å²) in [6, 6.07) is 21.8. The number of hydrogen-bond donors (Lipinski definition) is 3. The zero-order valence-electron chi connectivity index (χ0n) is 22.0. The number of ether oxygens (including phenoxy) is 1. The first kappa shape index (κ1) is 29.7. The number of carbonyl (C=O) groups excluding carboxylic acids is 2. The van der Waals surface area contributed by atoms with Gasteiger partial charge in [-0.25, -0.2) is 0 Å². The highest BCUT2D eigenvalue weighted by Crippen LogP contribution is 2.26. The summed E-state index contributed by atoms with van der Waals surface area (Å²) in [7, 11) is -4.04. The Bertz CT molecular complexity index is 1320.